The quantitative estimate of drug-likeness (QED) is 0.214. The molecule has 0 radical (unpaired) electrons. The van der Waals surface area contributed by atoms with Crippen molar-refractivity contribution < 1.29 is 19.1 Å². The van der Waals surface area contributed by atoms with Crippen LogP contribution in [0.25, 0.3) is 0 Å². The van der Waals surface area contributed by atoms with E-state index in [-0.39, 0.29) is 30.9 Å². The molecule has 6 nitrogen and oxygen atoms in total. The van der Waals surface area contributed by atoms with E-state index in [2.05, 4.69) is 40.5 Å². The van der Waals surface area contributed by atoms with E-state index in [1.165, 1.54) is 5.56 Å². The molecule has 43 heavy (non-hydrogen) atoms. The average Bonchev–Trinajstić information content (AvgIpc) is 3.46. The third-order valence-electron chi connectivity index (χ3n) is 8.56. The summed E-state index contributed by atoms with van der Waals surface area (Å²) in [6, 6.07) is 36.6. The van der Waals surface area contributed by atoms with Crippen LogP contribution >= 0.6 is 0 Å². The van der Waals surface area contributed by atoms with Crippen molar-refractivity contribution in [2.45, 2.75) is 38.5 Å². The van der Waals surface area contributed by atoms with E-state index in [4.69, 9.17) is 9.47 Å². The number of likely N-dealkylation sites (tertiary alicyclic amines) is 1. The van der Waals surface area contributed by atoms with Crippen molar-refractivity contribution in [3.05, 3.63) is 137 Å². The lowest BCUT2D eigenvalue weighted by atomic mass is 9.87. The van der Waals surface area contributed by atoms with Gasteiger partial charge >= 0.3 is 5.97 Å². The van der Waals surface area contributed by atoms with Crippen LogP contribution < -0.4 is 10.1 Å². The lowest BCUT2D eigenvalue weighted by Crippen LogP contribution is -2.36. The Bertz CT molecular complexity index is 1510. The molecule has 1 heterocycles. The Kier molecular flexibility index (Phi) is 8.85. The smallest absolute Gasteiger partial charge is 0.307 e. The zero-order valence-electron chi connectivity index (χ0n) is 24.5. The van der Waals surface area contributed by atoms with Crippen LogP contribution in [0.15, 0.2) is 109 Å². The first-order chi connectivity index (χ1) is 21.0. The summed E-state index contributed by atoms with van der Waals surface area (Å²) in [7, 11) is 0. The highest BCUT2D eigenvalue weighted by Gasteiger charge is 2.56. The van der Waals surface area contributed by atoms with Gasteiger partial charge in [-0.1, -0.05) is 109 Å². The second kappa shape index (κ2) is 13.3. The molecule has 1 saturated carbocycles. The van der Waals surface area contributed by atoms with Crippen molar-refractivity contribution in [1.82, 2.24) is 10.2 Å². The minimum atomic E-state index is -0.412. The molecule has 2 unspecified atom stereocenters. The van der Waals surface area contributed by atoms with E-state index >= 15 is 0 Å². The van der Waals surface area contributed by atoms with Gasteiger partial charge in [0, 0.05) is 37.2 Å². The molecule has 6 heteroatoms. The molecule has 4 aromatic carbocycles. The Hall–Kier alpha value is -4.42. The Morgan fingerprint density at radius 2 is 1.47 bits per heavy atom. The zero-order valence-corrected chi connectivity index (χ0v) is 24.5. The molecule has 1 amide bonds. The lowest BCUT2D eigenvalue weighted by molar-refractivity contribution is -0.148. The van der Waals surface area contributed by atoms with Crippen LogP contribution in [0.5, 0.6) is 5.75 Å². The summed E-state index contributed by atoms with van der Waals surface area (Å²) in [5.41, 5.74) is 5.37. The molecular formula is C37H38N2O4. The third-order valence-corrected chi connectivity index (χ3v) is 8.56. The van der Waals surface area contributed by atoms with Crippen molar-refractivity contribution in [2.75, 3.05) is 19.7 Å². The fraction of sp³-hybridized carbons (Fsp3) is 0.297. The number of nitrogens with one attached hydrogen (secondary N) is 1. The molecule has 2 fully saturated rings. The van der Waals surface area contributed by atoms with Crippen LogP contribution in [0.3, 0.4) is 0 Å². The van der Waals surface area contributed by atoms with E-state index in [9.17, 15) is 9.59 Å². The minimum absolute atomic E-state index is 0.103. The lowest BCUT2D eigenvalue weighted by Gasteiger charge is -2.22. The molecule has 1 aliphatic heterocycles. The Morgan fingerprint density at radius 3 is 2.14 bits per heavy atom. The second-order valence-electron chi connectivity index (χ2n) is 11.7. The molecule has 4 aromatic rings. The van der Waals surface area contributed by atoms with Gasteiger partial charge in [-0.25, -0.2) is 0 Å². The van der Waals surface area contributed by atoms with Gasteiger partial charge in [0.15, 0.2) is 6.61 Å². The molecule has 0 aromatic heterocycles. The van der Waals surface area contributed by atoms with Gasteiger partial charge in [0.2, 0.25) is 0 Å². The number of esters is 1. The van der Waals surface area contributed by atoms with Gasteiger partial charge in [-0.15, -0.1) is 0 Å². The van der Waals surface area contributed by atoms with Crippen molar-refractivity contribution in [3.8, 4) is 5.75 Å². The summed E-state index contributed by atoms with van der Waals surface area (Å²) in [5.74, 6) is 0.754. The maximum Gasteiger partial charge on any atom is 0.307 e. The highest BCUT2D eigenvalue weighted by atomic mass is 16.5. The first-order valence-corrected chi connectivity index (χ1v) is 15.1. The summed E-state index contributed by atoms with van der Waals surface area (Å²) in [6.45, 7) is 5.09. The van der Waals surface area contributed by atoms with Crippen LogP contribution in [-0.2, 0) is 27.5 Å². The van der Waals surface area contributed by atoms with Gasteiger partial charge in [0.05, 0.1) is 6.42 Å². The van der Waals surface area contributed by atoms with Gasteiger partial charge in [-0.3, -0.25) is 14.5 Å². The summed E-state index contributed by atoms with van der Waals surface area (Å²) < 4.78 is 11.8. The third kappa shape index (κ3) is 7.33. The molecule has 0 bridgehead atoms. The van der Waals surface area contributed by atoms with Gasteiger partial charge in [0.1, 0.15) is 12.4 Å². The van der Waals surface area contributed by atoms with E-state index < -0.39 is 5.97 Å². The predicted molar refractivity (Wildman–Crippen MR) is 166 cm³/mol. The molecular weight excluding hydrogens is 536 g/mol. The van der Waals surface area contributed by atoms with Crippen molar-refractivity contribution in [3.63, 3.8) is 0 Å². The number of rotatable bonds is 12. The van der Waals surface area contributed by atoms with Gasteiger partial charge in [0.25, 0.3) is 5.91 Å². The molecule has 220 valence electrons. The Balaban J connectivity index is 1.04. The minimum Gasteiger partial charge on any atom is -0.489 e. The number of piperidine rings is 1. The monoisotopic (exact) mass is 574 g/mol. The SMILES string of the molecule is Cc1ccc(OCc2ccccc2)c(C(CC(=O)OCC(=O)NC2[C@H]3CN(Cc4ccccc4)C[C@@H]23)c2ccccc2)c1. The molecule has 4 atom stereocenters. The van der Waals surface area contributed by atoms with Gasteiger partial charge < -0.3 is 14.8 Å². The number of ether oxygens (including phenoxy) is 2. The molecule has 1 N–H and O–H groups in total. The number of hydrogen-bond acceptors (Lipinski definition) is 5. The number of amides is 1. The second-order valence-corrected chi connectivity index (χ2v) is 11.7. The summed E-state index contributed by atoms with van der Waals surface area (Å²) in [6.07, 6.45) is 0.103. The van der Waals surface area contributed by atoms with Crippen molar-refractivity contribution >= 4 is 11.9 Å². The van der Waals surface area contributed by atoms with E-state index in [0.717, 1.165) is 47.6 Å². The topological polar surface area (TPSA) is 67.9 Å². The predicted octanol–water partition coefficient (Wildman–Crippen LogP) is 5.89. The summed E-state index contributed by atoms with van der Waals surface area (Å²) in [5, 5.41) is 3.10. The Morgan fingerprint density at radius 1 is 0.837 bits per heavy atom. The van der Waals surface area contributed by atoms with Gasteiger partial charge in [-0.2, -0.15) is 0 Å². The number of carbonyl (C=O) groups is 2. The number of hydrogen-bond donors (Lipinski definition) is 1. The van der Waals surface area contributed by atoms with Crippen LogP contribution in [0.1, 0.15) is 40.2 Å². The molecule has 0 spiro atoms. The number of nitrogens with zero attached hydrogens (tertiary/aromatic N) is 1. The number of benzene rings is 4. The molecule has 2 aliphatic rings. The summed E-state index contributed by atoms with van der Waals surface area (Å²) in [4.78, 5) is 28.3. The van der Waals surface area contributed by atoms with Crippen molar-refractivity contribution in [1.29, 1.82) is 0 Å². The van der Waals surface area contributed by atoms with Crippen LogP contribution in [0.2, 0.25) is 0 Å². The highest BCUT2D eigenvalue weighted by Crippen LogP contribution is 2.45. The number of carbonyl (C=O) groups excluding carboxylic acids is 2. The van der Waals surface area contributed by atoms with Crippen LogP contribution in [0.4, 0.5) is 0 Å². The Labute approximate surface area is 253 Å². The van der Waals surface area contributed by atoms with Crippen LogP contribution in [0, 0.1) is 18.8 Å². The maximum atomic E-state index is 13.1. The highest BCUT2D eigenvalue weighted by molar-refractivity contribution is 5.81. The fourth-order valence-electron chi connectivity index (χ4n) is 6.30. The standard InChI is InChI=1S/C37H38N2O4/c1-26-17-18-34(42-24-28-13-7-3-8-14-28)31(19-26)30(29-15-9-4-10-16-29)20-36(41)43-25-35(40)38-37-32-22-39(23-33(32)37)21-27-11-5-2-6-12-27/h2-19,30,32-33,37H,20-25H2,1H3,(H,38,40)/t30?,32-,33+,37?. The first kappa shape index (κ1) is 28.7. The maximum absolute atomic E-state index is 13.1. The first-order valence-electron chi connectivity index (χ1n) is 15.1. The number of aryl methyl sites for hydroxylation is 1. The number of fused-ring (bicyclic) bond motifs is 1. The molecule has 6 rings (SSSR count). The van der Waals surface area contributed by atoms with Crippen molar-refractivity contribution in [2.24, 2.45) is 11.8 Å². The average molecular weight is 575 g/mol. The van der Waals surface area contributed by atoms with E-state index in [0.29, 0.717) is 18.4 Å². The zero-order chi connectivity index (χ0) is 29.6. The van der Waals surface area contributed by atoms with E-state index in [1.807, 2.05) is 85.8 Å². The summed E-state index contributed by atoms with van der Waals surface area (Å²) >= 11 is 0. The largest absolute Gasteiger partial charge is 0.489 e. The van der Waals surface area contributed by atoms with Crippen LogP contribution in [-0.4, -0.2) is 42.5 Å². The molecule has 1 aliphatic carbocycles. The molecule has 1 saturated heterocycles. The van der Waals surface area contributed by atoms with Gasteiger partial charge in [-0.05, 0) is 41.5 Å². The fourth-order valence-corrected chi connectivity index (χ4v) is 6.30. The normalized spacial score (nSPS) is 19.7. The van der Waals surface area contributed by atoms with E-state index in [1.54, 1.807) is 0 Å².